The van der Waals surface area contributed by atoms with Crippen LogP contribution in [0, 0.1) is 6.92 Å². The van der Waals surface area contributed by atoms with E-state index in [0.29, 0.717) is 12.2 Å². The molecule has 0 aliphatic heterocycles. The lowest BCUT2D eigenvalue weighted by Gasteiger charge is -2.02. The summed E-state index contributed by atoms with van der Waals surface area (Å²) in [7, 11) is 0. The first kappa shape index (κ1) is 14.8. The van der Waals surface area contributed by atoms with E-state index < -0.39 is 0 Å². The number of carbonyl (C=O) groups is 1. The van der Waals surface area contributed by atoms with Crippen LogP contribution in [0.5, 0.6) is 0 Å². The average molecular weight is 308 g/mol. The van der Waals surface area contributed by atoms with Crippen molar-refractivity contribution in [3.63, 3.8) is 0 Å². The van der Waals surface area contributed by atoms with Crippen LogP contribution in [0.4, 0.5) is 0 Å². The summed E-state index contributed by atoms with van der Waals surface area (Å²) in [4.78, 5) is 15.8. The molecule has 0 atom stereocenters. The van der Waals surface area contributed by atoms with Gasteiger partial charge in [-0.1, -0.05) is 17.3 Å². The lowest BCUT2D eigenvalue weighted by atomic mass is 10.2. The van der Waals surface area contributed by atoms with E-state index in [1.807, 2.05) is 42.0 Å². The molecule has 0 unspecified atom stereocenters. The van der Waals surface area contributed by atoms with E-state index in [9.17, 15) is 4.79 Å². The van der Waals surface area contributed by atoms with Gasteiger partial charge in [0, 0.05) is 30.2 Å². The second-order valence-corrected chi connectivity index (χ2v) is 5.04. The van der Waals surface area contributed by atoms with Gasteiger partial charge in [0.2, 0.25) is 5.91 Å². The molecule has 0 bridgehead atoms. The molecule has 1 amide bonds. The molecule has 6 heteroatoms. The van der Waals surface area contributed by atoms with Crippen molar-refractivity contribution in [2.45, 2.75) is 13.5 Å². The number of hydrogen-bond acceptors (Lipinski definition) is 4. The smallest absolute Gasteiger partial charge is 0.244 e. The number of nitrogens with one attached hydrogen (secondary N) is 1. The highest BCUT2D eigenvalue weighted by Gasteiger charge is 2.01. The highest BCUT2D eigenvalue weighted by molar-refractivity contribution is 5.91. The van der Waals surface area contributed by atoms with E-state index in [2.05, 4.69) is 15.5 Å². The predicted molar refractivity (Wildman–Crippen MR) is 85.7 cm³/mol. The number of imidazole rings is 1. The van der Waals surface area contributed by atoms with Crippen molar-refractivity contribution in [1.82, 2.24) is 20.0 Å². The number of rotatable bonds is 5. The van der Waals surface area contributed by atoms with Gasteiger partial charge in [0.1, 0.15) is 11.5 Å². The molecular weight excluding hydrogens is 292 g/mol. The van der Waals surface area contributed by atoms with Crippen LogP contribution in [0.15, 0.2) is 59.7 Å². The summed E-state index contributed by atoms with van der Waals surface area (Å²) >= 11 is 0. The first-order valence-electron chi connectivity index (χ1n) is 7.17. The van der Waals surface area contributed by atoms with E-state index in [1.165, 1.54) is 6.08 Å². The maximum absolute atomic E-state index is 11.8. The zero-order valence-corrected chi connectivity index (χ0v) is 12.6. The molecule has 0 aliphatic carbocycles. The largest absolute Gasteiger partial charge is 0.361 e. The van der Waals surface area contributed by atoms with E-state index in [0.717, 1.165) is 17.0 Å². The Hall–Kier alpha value is -3.15. The van der Waals surface area contributed by atoms with Crippen LogP contribution < -0.4 is 5.32 Å². The molecule has 0 fully saturated rings. The van der Waals surface area contributed by atoms with Crippen LogP contribution in [0.1, 0.15) is 17.0 Å². The van der Waals surface area contributed by atoms with E-state index >= 15 is 0 Å². The van der Waals surface area contributed by atoms with Gasteiger partial charge in [-0.15, -0.1) is 0 Å². The molecular formula is C17H16N4O2. The molecule has 0 saturated carbocycles. The summed E-state index contributed by atoms with van der Waals surface area (Å²) in [6.07, 6.45) is 8.61. The number of carbonyl (C=O) groups excluding carboxylic acids is 1. The lowest BCUT2D eigenvalue weighted by Crippen LogP contribution is -2.20. The number of benzene rings is 1. The molecule has 3 aromatic rings. The van der Waals surface area contributed by atoms with E-state index in [4.69, 9.17) is 4.52 Å². The fourth-order valence-corrected chi connectivity index (χ4v) is 2.08. The van der Waals surface area contributed by atoms with Gasteiger partial charge < -0.3 is 14.4 Å². The van der Waals surface area contributed by atoms with E-state index in [1.54, 1.807) is 24.7 Å². The quantitative estimate of drug-likeness (QED) is 0.735. The van der Waals surface area contributed by atoms with Gasteiger partial charge in [0.05, 0.1) is 12.9 Å². The monoisotopic (exact) mass is 308 g/mol. The molecule has 0 aliphatic rings. The standard InChI is InChI=1S/C17H16N4O2/c1-13-10-15(20-23-13)11-19-17(22)7-4-14-2-5-16(6-3-14)21-9-8-18-12-21/h2-10,12H,11H2,1H3,(H,19,22)/b7-4-. The van der Waals surface area contributed by atoms with Crippen molar-refractivity contribution in [1.29, 1.82) is 0 Å². The molecule has 23 heavy (non-hydrogen) atoms. The molecule has 3 rings (SSSR count). The van der Waals surface area contributed by atoms with Crippen molar-refractivity contribution < 1.29 is 9.32 Å². The molecule has 0 spiro atoms. The second-order valence-electron chi connectivity index (χ2n) is 5.04. The Morgan fingerprint density at radius 1 is 1.35 bits per heavy atom. The number of hydrogen-bond donors (Lipinski definition) is 1. The van der Waals surface area contributed by atoms with E-state index in [-0.39, 0.29) is 5.91 Å². The minimum atomic E-state index is -0.177. The lowest BCUT2D eigenvalue weighted by molar-refractivity contribution is -0.116. The van der Waals surface area contributed by atoms with Gasteiger partial charge in [-0.3, -0.25) is 4.79 Å². The Morgan fingerprint density at radius 3 is 2.83 bits per heavy atom. The van der Waals surface area contributed by atoms with Crippen LogP contribution in [0.25, 0.3) is 11.8 Å². The summed E-state index contributed by atoms with van der Waals surface area (Å²) in [5.41, 5.74) is 2.67. The van der Waals surface area contributed by atoms with Gasteiger partial charge in [0.15, 0.2) is 0 Å². The summed E-state index contributed by atoms with van der Waals surface area (Å²) in [6, 6.07) is 9.62. The van der Waals surface area contributed by atoms with Crippen LogP contribution in [-0.4, -0.2) is 20.6 Å². The molecule has 0 saturated heterocycles. The first-order valence-corrected chi connectivity index (χ1v) is 7.17. The maximum Gasteiger partial charge on any atom is 0.244 e. The number of aromatic nitrogens is 3. The Morgan fingerprint density at radius 2 is 2.17 bits per heavy atom. The zero-order valence-electron chi connectivity index (χ0n) is 12.6. The Labute approximate surface area is 133 Å². The highest BCUT2D eigenvalue weighted by atomic mass is 16.5. The Bertz CT molecular complexity index is 802. The molecule has 2 aromatic heterocycles. The van der Waals surface area contributed by atoms with Crippen LogP contribution in [0.3, 0.4) is 0 Å². The Kier molecular flexibility index (Phi) is 4.33. The fraction of sp³-hybridized carbons (Fsp3) is 0.118. The van der Waals surface area contributed by atoms with Crippen LogP contribution in [-0.2, 0) is 11.3 Å². The van der Waals surface area contributed by atoms with Crippen LogP contribution >= 0.6 is 0 Å². The number of nitrogens with zero attached hydrogens (tertiary/aromatic N) is 3. The van der Waals surface area contributed by atoms with Crippen molar-refractivity contribution in [2.75, 3.05) is 0 Å². The third kappa shape index (κ3) is 3.94. The third-order valence-corrected chi connectivity index (χ3v) is 3.24. The van der Waals surface area contributed by atoms with Crippen molar-refractivity contribution in [3.8, 4) is 5.69 Å². The summed E-state index contributed by atoms with van der Waals surface area (Å²) in [5, 5.41) is 6.57. The maximum atomic E-state index is 11.8. The average Bonchev–Trinajstić information content (AvgIpc) is 3.23. The molecule has 1 aromatic carbocycles. The predicted octanol–water partition coefficient (Wildman–Crippen LogP) is 2.50. The summed E-state index contributed by atoms with van der Waals surface area (Å²) in [6.45, 7) is 2.16. The van der Waals surface area contributed by atoms with Gasteiger partial charge >= 0.3 is 0 Å². The van der Waals surface area contributed by atoms with Crippen molar-refractivity contribution >= 4 is 12.0 Å². The zero-order chi connectivity index (χ0) is 16.1. The topological polar surface area (TPSA) is 73.0 Å². The van der Waals surface area contributed by atoms with Gasteiger partial charge in [-0.25, -0.2) is 4.98 Å². The summed E-state index contributed by atoms with van der Waals surface area (Å²) in [5.74, 6) is 0.548. The second kappa shape index (κ2) is 6.74. The first-order chi connectivity index (χ1) is 11.2. The Balaban J connectivity index is 1.55. The number of amides is 1. The van der Waals surface area contributed by atoms with Gasteiger partial charge in [-0.05, 0) is 30.7 Å². The SMILES string of the molecule is Cc1cc(CNC(=O)/C=C\c2ccc(-n3ccnc3)cc2)no1. The number of aryl methyl sites for hydroxylation is 1. The third-order valence-electron chi connectivity index (χ3n) is 3.24. The highest BCUT2D eigenvalue weighted by Crippen LogP contribution is 2.10. The molecule has 1 N–H and O–H groups in total. The minimum absolute atomic E-state index is 0.177. The molecule has 0 radical (unpaired) electrons. The van der Waals surface area contributed by atoms with Crippen LogP contribution in [0.2, 0.25) is 0 Å². The molecule has 2 heterocycles. The molecule has 116 valence electrons. The van der Waals surface area contributed by atoms with Gasteiger partial charge in [0.25, 0.3) is 0 Å². The fourth-order valence-electron chi connectivity index (χ4n) is 2.08. The van der Waals surface area contributed by atoms with Crippen molar-refractivity contribution in [3.05, 3.63) is 72.1 Å². The normalized spacial score (nSPS) is 11.0. The molecule has 6 nitrogen and oxygen atoms in total. The van der Waals surface area contributed by atoms with Gasteiger partial charge in [-0.2, -0.15) is 0 Å². The minimum Gasteiger partial charge on any atom is -0.361 e. The van der Waals surface area contributed by atoms with Crippen molar-refractivity contribution in [2.24, 2.45) is 0 Å². The summed E-state index contributed by atoms with van der Waals surface area (Å²) < 4.78 is 6.86.